The summed E-state index contributed by atoms with van der Waals surface area (Å²) in [5.74, 6) is 0.656. The normalized spacial score (nSPS) is 14.5. The predicted molar refractivity (Wildman–Crippen MR) is 73.4 cm³/mol. The molecule has 5 heteroatoms. The summed E-state index contributed by atoms with van der Waals surface area (Å²) in [6, 6.07) is 10.6. The molecule has 0 unspecified atom stereocenters. The van der Waals surface area contributed by atoms with E-state index in [0.29, 0.717) is 18.4 Å². The van der Waals surface area contributed by atoms with Gasteiger partial charge in [-0.3, -0.25) is 0 Å². The lowest BCUT2D eigenvalue weighted by Gasteiger charge is -2.05. The summed E-state index contributed by atoms with van der Waals surface area (Å²) in [5.41, 5.74) is 2.05. The lowest BCUT2D eigenvalue weighted by atomic mass is 10.2. The van der Waals surface area contributed by atoms with Crippen molar-refractivity contribution in [3.05, 3.63) is 42.5 Å². The number of nitrogens with zero attached hydrogens (tertiary/aromatic N) is 4. The van der Waals surface area contributed by atoms with Gasteiger partial charge in [0.2, 0.25) is 5.82 Å². The van der Waals surface area contributed by atoms with Crippen LogP contribution in [0.3, 0.4) is 0 Å². The standard InChI is InChI=1S/C14H17N5/c1-11(9-15-13-7-8-13)10-19-17-14(16-18-19)12-5-3-2-4-6-12/h2-6,13,15H,1,7-10H2. The molecule has 1 aliphatic carbocycles. The summed E-state index contributed by atoms with van der Waals surface area (Å²) in [7, 11) is 0. The second kappa shape index (κ2) is 5.32. The maximum Gasteiger partial charge on any atom is 0.204 e. The Kier molecular flexibility index (Phi) is 3.37. The van der Waals surface area contributed by atoms with Gasteiger partial charge >= 0.3 is 0 Å². The third-order valence-corrected chi connectivity index (χ3v) is 3.07. The fourth-order valence-corrected chi connectivity index (χ4v) is 1.85. The van der Waals surface area contributed by atoms with E-state index in [1.165, 1.54) is 12.8 Å². The molecule has 0 aliphatic heterocycles. The van der Waals surface area contributed by atoms with Crippen molar-refractivity contribution in [3.8, 4) is 11.4 Å². The van der Waals surface area contributed by atoms with Gasteiger partial charge in [-0.1, -0.05) is 36.9 Å². The molecule has 3 rings (SSSR count). The van der Waals surface area contributed by atoms with E-state index >= 15 is 0 Å². The number of tetrazole rings is 1. The van der Waals surface area contributed by atoms with Gasteiger partial charge in [0.15, 0.2) is 0 Å². The summed E-state index contributed by atoms with van der Waals surface area (Å²) in [5, 5.41) is 15.9. The molecule has 5 nitrogen and oxygen atoms in total. The van der Waals surface area contributed by atoms with E-state index < -0.39 is 0 Å². The Labute approximate surface area is 112 Å². The highest BCUT2D eigenvalue weighted by atomic mass is 15.6. The molecule has 0 amide bonds. The van der Waals surface area contributed by atoms with Crippen molar-refractivity contribution < 1.29 is 0 Å². The first-order chi connectivity index (χ1) is 9.31. The van der Waals surface area contributed by atoms with Gasteiger partial charge in [0, 0.05) is 18.2 Å². The molecule has 19 heavy (non-hydrogen) atoms. The van der Waals surface area contributed by atoms with Crippen molar-refractivity contribution >= 4 is 0 Å². The first kappa shape index (κ1) is 12.0. The largest absolute Gasteiger partial charge is 0.310 e. The molecule has 2 aromatic rings. The molecule has 1 N–H and O–H groups in total. The smallest absolute Gasteiger partial charge is 0.204 e. The average molecular weight is 255 g/mol. The minimum absolute atomic E-state index is 0.611. The summed E-state index contributed by atoms with van der Waals surface area (Å²) in [4.78, 5) is 1.60. The van der Waals surface area contributed by atoms with E-state index in [0.717, 1.165) is 17.7 Å². The van der Waals surface area contributed by atoms with Crippen molar-refractivity contribution in [2.75, 3.05) is 6.54 Å². The molecule has 1 aromatic carbocycles. The van der Waals surface area contributed by atoms with Crippen molar-refractivity contribution in [3.63, 3.8) is 0 Å². The summed E-state index contributed by atoms with van der Waals surface area (Å²) >= 11 is 0. The molecule has 1 heterocycles. The fourth-order valence-electron chi connectivity index (χ4n) is 1.85. The van der Waals surface area contributed by atoms with Gasteiger partial charge in [-0.05, 0) is 23.6 Å². The van der Waals surface area contributed by atoms with Gasteiger partial charge in [-0.25, -0.2) is 0 Å². The van der Waals surface area contributed by atoms with Crippen LogP contribution in [0.2, 0.25) is 0 Å². The quantitative estimate of drug-likeness (QED) is 0.797. The summed E-state index contributed by atoms with van der Waals surface area (Å²) in [6.45, 7) is 5.48. The second-order valence-electron chi connectivity index (χ2n) is 4.91. The molecular formula is C14H17N5. The molecule has 1 aliphatic rings. The summed E-state index contributed by atoms with van der Waals surface area (Å²) in [6.07, 6.45) is 2.57. The van der Waals surface area contributed by atoms with Gasteiger partial charge < -0.3 is 5.32 Å². The minimum atomic E-state index is 0.611. The zero-order valence-electron chi connectivity index (χ0n) is 10.8. The molecule has 0 spiro atoms. The average Bonchev–Trinajstić information content (AvgIpc) is 3.16. The lowest BCUT2D eigenvalue weighted by molar-refractivity contribution is 0.551. The topological polar surface area (TPSA) is 55.6 Å². The van der Waals surface area contributed by atoms with Gasteiger partial charge in [-0.15, -0.1) is 10.2 Å². The van der Waals surface area contributed by atoms with Crippen LogP contribution in [0.4, 0.5) is 0 Å². The molecule has 0 saturated heterocycles. The van der Waals surface area contributed by atoms with Gasteiger partial charge in [0.05, 0.1) is 6.54 Å². The lowest BCUT2D eigenvalue weighted by Crippen LogP contribution is -2.21. The predicted octanol–water partition coefficient (Wildman–Crippen LogP) is 1.65. The van der Waals surface area contributed by atoms with E-state index in [1.54, 1.807) is 4.80 Å². The highest BCUT2D eigenvalue weighted by molar-refractivity contribution is 5.52. The fraction of sp³-hybridized carbons (Fsp3) is 0.357. The summed E-state index contributed by atoms with van der Waals surface area (Å²) < 4.78 is 0. The maximum absolute atomic E-state index is 4.37. The zero-order chi connectivity index (χ0) is 13.1. The van der Waals surface area contributed by atoms with Crippen molar-refractivity contribution in [2.45, 2.75) is 25.4 Å². The third kappa shape index (κ3) is 3.26. The molecule has 0 bridgehead atoms. The Balaban J connectivity index is 1.59. The number of benzene rings is 1. The Hall–Kier alpha value is -2.01. The van der Waals surface area contributed by atoms with E-state index in [-0.39, 0.29) is 0 Å². The van der Waals surface area contributed by atoms with E-state index in [4.69, 9.17) is 0 Å². The van der Waals surface area contributed by atoms with Crippen molar-refractivity contribution in [1.82, 2.24) is 25.5 Å². The van der Waals surface area contributed by atoms with Gasteiger partial charge in [0.1, 0.15) is 0 Å². The molecule has 1 aromatic heterocycles. The highest BCUT2D eigenvalue weighted by Crippen LogP contribution is 2.18. The number of hydrogen-bond acceptors (Lipinski definition) is 4. The third-order valence-electron chi connectivity index (χ3n) is 3.07. The van der Waals surface area contributed by atoms with Gasteiger partial charge in [-0.2, -0.15) is 4.80 Å². The van der Waals surface area contributed by atoms with Crippen LogP contribution in [0.15, 0.2) is 42.5 Å². The molecule has 98 valence electrons. The van der Waals surface area contributed by atoms with Crippen LogP contribution in [0.5, 0.6) is 0 Å². The minimum Gasteiger partial charge on any atom is -0.310 e. The Morgan fingerprint density at radius 3 is 2.84 bits per heavy atom. The number of aromatic nitrogens is 4. The van der Waals surface area contributed by atoms with Crippen LogP contribution in [0.1, 0.15) is 12.8 Å². The van der Waals surface area contributed by atoms with Crippen LogP contribution >= 0.6 is 0 Å². The van der Waals surface area contributed by atoms with Crippen LogP contribution < -0.4 is 5.32 Å². The maximum atomic E-state index is 4.37. The zero-order valence-corrected chi connectivity index (χ0v) is 10.8. The Morgan fingerprint density at radius 1 is 1.32 bits per heavy atom. The van der Waals surface area contributed by atoms with E-state index in [9.17, 15) is 0 Å². The molecule has 0 atom stereocenters. The Morgan fingerprint density at radius 2 is 2.11 bits per heavy atom. The van der Waals surface area contributed by atoms with Gasteiger partial charge in [0.25, 0.3) is 0 Å². The first-order valence-electron chi connectivity index (χ1n) is 6.54. The first-order valence-corrected chi connectivity index (χ1v) is 6.54. The van der Waals surface area contributed by atoms with Crippen molar-refractivity contribution in [1.29, 1.82) is 0 Å². The van der Waals surface area contributed by atoms with Crippen LogP contribution in [-0.4, -0.2) is 32.8 Å². The van der Waals surface area contributed by atoms with Crippen LogP contribution in [-0.2, 0) is 6.54 Å². The number of hydrogen-bond donors (Lipinski definition) is 1. The highest BCUT2D eigenvalue weighted by Gasteiger charge is 2.20. The Bertz CT molecular complexity index is 556. The SMILES string of the molecule is C=C(CNC1CC1)Cn1nnc(-c2ccccc2)n1. The van der Waals surface area contributed by atoms with E-state index in [1.807, 2.05) is 30.3 Å². The number of rotatable bonds is 6. The van der Waals surface area contributed by atoms with Crippen molar-refractivity contribution in [2.24, 2.45) is 0 Å². The molecule has 1 saturated carbocycles. The molecule has 0 radical (unpaired) electrons. The monoisotopic (exact) mass is 255 g/mol. The second-order valence-corrected chi connectivity index (χ2v) is 4.91. The number of nitrogens with one attached hydrogen (secondary N) is 1. The van der Waals surface area contributed by atoms with E-state index in [2.05, 4.69) is 27.3 Å². The molecular weight excluding hydrogens is 238 g/mol. The van der Waals surface area contributed by atoms with Crippen LogP contribution in [0.25, 0.3) is 11.4 Å². The molecule has 1 fully saturated rings. The van der Waals surface area contributed by atoms with Crippen LogP contribution in [0, 0.1) is 0 Å².